The maximum absolute atomic E-state index is 12.9. The molecule has 0 spiro atoms. The second kappa shape index (κ2) is 7.85. The van der Waals surface area contributed by atoms with Crippen LogP contribution in [0, 0.1) is 13.8 Å². The normalized spacial score (nSPS) is 17.8. The van der Waals surface area contributed by atoms with Gasteiger partial charge in [0.15, 0.2) is 0 Å². The quantitative estimate of drug-likeness (QED) is 0.906. The highest BCUT2D eigenvalue weighted by molar-refractivity contribution is 5.74. The average Bonchev–Trinajstić information content (AvgIpc) is 3.04. The molecule has 1 saturated heterocycles. The monoisotopic (exact) mass is 360 g/mol. The lowest BCUT2D eigenvalue weighted by atomic mass is 10.1. The number of likely N-dealkylation sites (tertiary alicyclic amines) is 1. The lowest BCUT2D eigenvalue weighted by Crippen LogP contribution is -2.41. The van der Waals surface area contributed by atoms with E-state index in [1.54, 1.807) is 11.8 Å². The van der Waals surface area contributed by atoms with E-state index in [1.807, 2.05) is 37.9 Å². The van der Waals surface area contributed by atoms with E-state index in [0.29, 0.717) is 12.4 Å². The van der Waals surface area contributed by atoms with E-state index in [0.717, 1.165) is 55.0 Å². The molecule has 1 aliphatic rings. The zero-order valence-corrected chi connectivity index (χ0v) is 16.0. The van der Waals surface area contributed by atoms with Gasteiger partial charge in [0.1, 0.15) is 11.5 Å². The van der Waals surface area contributed by atoms with Crippen LogP contribution in [-0.2, 0) is 13.6 Å². The Hall–Kier alpha value is -2.44. The van der Waals surface area contributed by atoms with Crippen LogP contribution in [0.4, 0.5) is 4.79 Å². The van der Waals surface area contributed by atoms with Crippen LogP contribution in [0.25, 0.3) is 0 Å². The molecule has 7 nitrogen and oxygen atoms in total. The van der Waals surface area contributed by atoms with Crippen LogP contribution in [0.1, 0.15) is 54.5 Å². The van der Waals surface area contributed by atoms with Crippen LogP contribution >= 0.6 is 0 Å². The Kier molecular flexibility index (Phi) is 5.54. The number of amides is 2. The molecule has 7 heteroatoms. The number of methoxy groups -OCH3 is 1. The summed E-state index contributed by atoms with van der Waals surface area (Å²) in [7, 11) is 3.45. The first-order chi connectivity index (χ1) is 12.5. The highest BCUT2D eigenvalue weighted by Crippen LogP contribution is 2.31. The van der Waals surface area contributed by atoms with E-state index >= 15 is 0 Å². The van der Waals surface area contributed by atoms with Crippen LogP contribution in [0.3, 0.4) is 0 Å². The van der Waals surface area contributed by atoms with Gasteiger partial charge in [-0.15, -0.1) is 0 Å². The number of aryl methyl sites for hydroxylation is 3. The fraction of sp³-hybridized carbons (Fsp3) is 0.579. The van der Waals surface area contributed by atoms with E-state index in [1.165, 1.54) is 0 Å². The van der Waals surface area contributed by atoms with Crippen molar-refractivity contribution < 1.29 is 13.9 Å². The summed E-state index contributed by atoms with van der Waals surface area (Å²) < 4.78 is 12.9. The fourth-order valence-corrected chi connectivity index (χ4v) is 3.68. The Labute approximate surface area is 154 Å². The molecule has 1 N–H and O–H groups in total. The topological polar surface area (TPSA) is 72.5 Å². The van der Waals surface area contributed by atoms with Gasteiger partial charge in [0.2, 0.25) is 5.88 Å². The molecule has 0 bridgehead atoms. The van der Waals surface area contributed by atoms with Crippen molar-refractivity contribution in [3.8, 4) is 5.88 Å². The van der Waals surface area contributed by atoms with Crippen molar-refractivity contribution in [2.75, 3.05) is 13.7 Å². The van der Waals surface area contributed by atoms with Crippen molar-refractivity contribution in [1.82, 2.24) is 20.0 Å². The predicted octanol–water partition coefficient (Wildman–Crippen LogP) is 3.47. The van der Waals surface area contributed by atoms with Gasteiger partial charge < -0.3 is 19.4 Å². The van der Waals surface area contributed by atoms with Crippen molar-refractivity contribution in [1.29, 1.82) is 0 Å². The number of hydrogen-bond donors (Lipinski definition) is 1. The van der Waals surface area contributed by atoms with Gasteiger partial charge in [-0.3, -0.25) is 0 Å². The third-order valence-corrected chi connectivity index (χ3v) is 5.00. The second-order valence-electron chi connectivity index (χ2n) is 6.86. The minimum atomic E-state index is -0.0729. The largest absolute Gasteiger partial charge is 0.481 e. The number of nitrogens with zero attached hydrogens (tertiary/aromatic N) is 3. The molecule has 0 aliphatic carbocycles. The molecule has 0 radical (unpaired) electrons. The van der Waals surface area contributed by atoms with Crippen molar-refractivity contribution in [2.45, 2.75) is 52.1 Å². The molecular weight excluding hydrogens is 332 g/mol. The van der Waals surface area contributed by atoms with Crippen LogP contribution < -0.4 is 10.1 Å². The van der Waals surface area contributed by atoms with Crippen molar-refractivity contribution in [3.05, 3.63) is 34.9 Å². The molecule has 0 aromatic carbocycles. The van der Waals surface area contributed by atoms with Gasteiger partial charge in [-0.25, -0.2) is 9.48 Å². The van der Waals surface area contributed by atoms with Crippen molar-refractivity contribution >= 4 is 6.03 Å². The Balaban J connectivity index is 1.74. The van der Waals surface area contributed by atoms with Gasteiger partial charge >= 0.3 is 6.03 Å². The third-order valence-electron chi connectivity index (χ3n) is 5.00. The summed E-state index contributed by atoms with van der Waals surface area (Å²) in [5.74, 6) is 2.42. The van der Waals surface area contributed by atoms with E-state index in [4.69, 9.17) is 9.15 Å². The van der Waals surface area contributed by atoms with Crippen LogP contribution in [0.5, 0.6) is 5.88 Å². The van der Waals surface area contributed by atoms with Crippen LogP contribution in [0.2, 0.25) is 0 Å². The molecule has 0 saturated carbocycles. The number of furan rings is 1. The van der Waals surface area contributed by atoms with Crippen molar-refractivity contribution in [2.24, 2.45) is 7.05 Å². The van der Waals surface area contributed by atoms with E-state index in [2.05, 4.69) is 10.4 Å². The molecule has 2 aromatic heterocycles. The van der Waals surface area contributed by atoms with E-state index in [9.17, 15) is 4.79 Å². The minimum Gasteiger partial charge on any atom is -0.481 e. The first kappa shape index (κ1) is 18.4. The molecular formula is C19H28N4O3. The van der Waals surface area contributed by atoms with E-state index < -0.39 is 0 Å². The Morgan fingerprint density at radius 2 is 2.15 bits per heavy atom. The molecule has 26 heavy (non-hydrogen) atoms. The summed E-state index contributed by atoms with van der Waals surface area (Å²) in [6.07, 6.45) is 4.17. The maximum atomic E-state index is 12.9. The SMILES string of the molecule is COc1c(CNC(=O)N2CCCCCC2c2ccc(C)o2)c(C)nn1C. The molecule has 3 rings (SSSR count). The number of aromatic nitrogens is 2. The van der Waals surface area contributed by atoms with E-state index in [-0.39, 0.29) is 12.1 Å². The summed E-state index contributed by atoms with van der Waals surface area (Å²) in [6.45, 7) is 4.98. The average molecular weight is 360 g/mol. The third kappa shape index (κ3) is 3.71. The number of carbonyl (C=O) groups is 1. The number of hydrogen-bond acceptors (Lipinski definition) is 4. The first-order valence-electron chi connectivity index (χ1n) is 9.18. The highest BCUT2D eigenvalue weighted by atomic mass is 16.5. The number of carbonyl (C=O) groups excluding carboxylic acids is 1. The lowest BCUT2D eigenvalue weighted by molar-refractivity contribution is 0.165. The Morgan fingerprint density at radius 3 is 2.85 bits per heavy atom. The summed E-state index contributed by atoms with van der Waals surface area (Å²) in [4.78, 5) is 14.8. The van der Waals surface area contributed by atoms with Gasteiger partial charge in [0, 0.05) is 13.6 Å². The van der Waals surface area contributed by atoms with Crippen molar-refractivity contribution in [3.63, 3.8) is 0 Å². The molecule has 142 valence electrons. The maximum Gasteiger partial charge on any atom is 0.318 e. The molecule has 3 heterocycles. The molecule has 1 aliphatic heterocycles. The molecule has 2 amide bonds. The second-order valence-corrected chi connectivity index (χ2v) is 6.86. The zero-order valence-electron chi connectivity index (χ0n) is 16.0. The first-order valence-corrected chi connectivity index (χ1v) is 9.18. The molecule has 2 aromatic rings. The molecule has 1 fully saturated rings. The number of urea groups is 1. The smallest absolute Gasteiger partial charge is 0.318 e. The van der Waals surface area contributed by atoms with Gasteiger partial charge in [-0.2, -0.15) is 5.10 Å². The molecule has 1 atom stereocenters. The molecule has 1 unspecified atom stereocenters. The predicted molar refractivity (Wildman–Crippen MR) is 98.1 cm³/mol. The number of ether oxygens (including phenoxy) is 1. The van der Waals surface area contributed by atoms with Gasteiger partial charge in [-0.05, 0) is 38.8 Å². The van der Waals surface area contributed by atoms with Gasteiger partial charge in [0.05, 0.1) is 31.0 Å². The van der Waals surface area contributed by atoms with Crippen LogP contribution in [0.15, 0.2) is 16.5 Å². The Morgan fingerprint density at radius 1 is 1.35 bits per heavy atom. The minimum absolute atomic E-state index is 0.0110. The summed E-state index contributed by atoms with van der Waals surface area (Å²) in [6, 6.07) is 3.86. The zero-order chi connectivity index (χ0) is 18.7. The number of rotatable bonds is 4. The van der Waals surface area contributed by atoms with Gasteiger partial charge in [0.25, 0.3) is 0 Å². The lowest BCUT2D eigenvalue weighted by Gasteiger charge is -2.28. The standard InChI is InChI=1S/C19H28N4O3/c1-13-9-10-17(26-13)16-8-6-5-7-11-23(16)19(24)20-12-15-14(2)21-22(3)18(15)25-4/h9-10,16H,5-8,11-12H2,1-4H3,(H,20,24). The number of nitrogens with one attached hydrogen (secondary N) is 1. The summed E-state index contributed by atoms with van der Waals surface area (Å²) >= 11 is 0. The summed E-state index contributed by atoms with van der Waals surface area (Å²) in [5.41, 5.74) is 1.77. The fourth-order valence-electron chi connectivity index (χ4n) is 3.68. The highest BCUT2D eigenvalue weighted by Gasteiger charge is 2.29. The summed E-state index contributed by atoms with van der Waals surface area (Å²) in [5, 5.41) is 7.41. The van der Waals surface area contributed by atoms with Gasteiger partial charge in [-0.1, -0.05) is 12.8 Å². The Bertz CT molecular complexity index is 765. The van der Waals surface area contributed by atoms with Crippen LogP contribution in [-0.4, -0.2) is 34.4 Å².